The lowest BCUT2D eigenvalue weighted by atomic mass is 10.0. The lowest BCUT2D eigenvalue weighted by Crippen LogP contribution is -2.36. The predicted octanol–water partition coefficient (Wildman–Crippen LogP) is 1.57. The van der Waals surface area contributed by atoms with E-state index in [1.807, 2.05) is 26.0 Å². The molecule has 0 radical (unpaired) electrons. The van der Waals surface area contributed by atoms with E-state index in [2.05, 4.69) is 16.0 Å². The number of benzene rings is 1. The molecular formula is C17H25N3O3. The van der Waals surface area contributed by atoms with Gasteiger partial charge >= 0.3 is 0 Å². The van der Waals surface area contributed by atoms with E-state index < -0.39 is 0 Å². The molecule has 0 aromatic heterocycles. The van der Waals surface area contributed by atoms with Crippen molar-refractivity contribution in [2.75, 3.05) is 25.0 Å². The van der Waals surface area contributed by atoms with E-state index >= 15 is 0 Å². The standard InChI is InChI=1S/C17H25N3O3/c1-11-10-20-15-9-14(5-6-16(15)23-11)17(22)12(2)18-7-4-8-19-13(3)21/h5-6,9,11-12,18,20H,4,7-8,10H2,1-3H3,(H,19,21). The largest absolute Gasteiger partial charge is 0.487 e. The molecule has 0 fully saturated rings. The van der Waals surface area contributed by atoms with Crippen molar-refractivity contribution in [1.82, 2.24) is 10.6 Å². The fourth-order valence-corrected chi connectivity index (χ4v) is 2.45. The van der Waals surface area contributed by atoms with Gasteiger partial charge < -0.3 is 20.7 Å². The van der Waals surface area contributed by atoms with Gasteiger partial charge in [-0.1, -0.05) is 0 Å². The number of rotatable bonds is 7. The first-order valence-electron chi connectivity index (χ1n) is 8.04. The number of Topliss-reactive ketones (excluding diaryl/α,β-unsaturated/α-hetero) is 1. The summed E-state index contributed by atoms with van der Waals surface area (Å²) in [6.07, 6.45) is 0.919. The van der Waals surface area contributed by atoms with Gasteiger partial charge in [0, 0.05) is 19.0 Å². The highest BCUT2D eigenvalue weighted by atomic mass is 16.5. The summed E-state index contributed by atoms with van der Waals surface area (Å²) in [5.41, 5.74) is 1.53. The molecule has 2 rings (SSSR count). The zero-order valence-electron chi connectivity index (χ0n) is 13.9. The molecule has 1 aliphatic rings. The Morgan fingerprint density at radius 2 is 2.17 bits per heavy atom. The predicted molar refractivity (Wildman–Crippen MR) is 90.1 cm³/mol. The third kappa shape index (κ3) is 4.96. The van der Waals surface area contributed by atoms with E-state index in [1.54, 1.807) is 6.07 Å². The quantitative estimate of drug-likeness (QED) is 0.525. The minimum atomic E-state index is -0.270. The molecule has 0 saturated carbocycles. The Morgan fingerprint density at radius 3 is 2.91 bits per heavy atom. The molecule has 126 valence electrons. The molecule has 1 amide bonds. The van der Waals surface area contributed by atoms with Crippen LogP contribution < -0.4 is 20.7 Å². The van der Waals surface area contributed by atoms with Gasteiger partial charge in [-0.05, 0) is 45.0 Å². The molecule has 1 aromatic carbocycles. The fraction of sp³-hybridized carbons (Fsp3) is 0.529. The number of carbonyl (C=O) groups excluding carboxylic acids is 2. The van der Waals surface area contributed by atoms with Crippen LogP contribution in [-0.4, -0.2) is 43.5 Å². The SMILES string of the molecule is CC(=O)NCCCNC(C)C(=O)c1ccc2c(c1)NCC(C)O2. The lowest BCUT2D eigenvalue weighted by molar-refractivity contribution is -0.118. The average Bonchev–Trinajstić information content (AvgIpc) is 2.52. The van der Waals surface area contributed by atoms with Gasteiger partial charge in [0.2, 0.25) is 5.91 Å². The molecule has 3 N–H and O–H groups in total. The molecule has 2 atom stereocenters. The number of ether oxygens (including phenoxy) is 1. The molecular weight excluding hydrogens is 294 g/mol. The van der Waals surface area contributed by atoms with Crippen LogP contribution in [0.25, 0.3) is 0 Å². The summed E-state index contributed by atoms with van der Waals surface area (Å²) < 4.78 is 5.71. The van der Waals surface area contributed by atoms with E-state index in [0.29, 0.717) is 18.7 Å². The first-order chi connectivity index (χ1) is 11.0. The zero-order valence-corrected chi connectivity index (χ0v) is 13.9. The van der Waals surface area contributed by atoms with Crippen LogP contribution in [0.4, 0.5) is 5.69 Å². The van der Waals surface area contributed by atoms with Crippen molar-refractivity contribution in [2.24, 2.45) is 0 Å². The molecule has 1 heterocycles. The monoisotopic (exact) mass is 319 g/mol. The Morgan fingerprint density at radius 1 is 1.39 bits per heavy atom. The van der Waals surface area contributed by atoms with Gasteiger partial charge in [0.15, 0.2) is 5.78 Å². The Hall–Kier alpha value is -2.08. The topological polar surface area (TPSA) is 79.5 Å². The second kappa shape index (κ2) is 7.97. The second-order valence-corrected chi connectivity index (χ2v) is 5.90. The van der Waals surface area contributed by atoms with E-state index in [0.717, 1.165) is 24.4 Å². The van der Waals surface area contributed by atoms with Crippen LogP contribution in [0.2, 0.25) is 0 Å². The summed E-state index contributed by atoms with van der Waals surface area (Å²) >= 11 is 0. The first kappa shape index (κ1) is 17.3. The summed E-state index contributed by atoms with van der Waals surface area (Å²) in [5, 5.41) is 9.20. The maximum absolute atomic E-state index is 12.5. The molecule has 2 unspecified atom stereocenters. The van der Waals surface area contributed by atoms with Crippen LogP contribution in [0, 0.1) is 0 Å². The van der Waals surface area contributed by atoms with Gasteiger partial charge in [0.05, 0.1) is 18.3 Å². The Kier molecular flexibility index (Phi) is 5.98. The third-order valence-electron chi connectivity index (χ3n) is 3.74. The maximum atomic E-state index is 12.5. The molecule has 1 aliphatic heterocycles. The first-order valence-corrected chi connectivity index (χ1v) is 8.04. The number of ketones is 1. The van der Waals surface area contributed by atoms with Gasteiger partial charge in [0.25, 0.3) is 0 Å². The number of anilines is 1. The smallest absolute Gasteiger partial charge is 0.216 e. The van der Waals surface area contributed by atoms with E-state index in [-0.39, 0.29) is 23.8 Å². The van der Waals surface area contributed by atoms with E-state index in [1.165, 1.54) is 6.92 Å². The Labute approximate surface area is 137 Å². The van der Waals surface area contributed by atoms with Crippen molar-refractivity contribution in [1.29, 1.82) is 0 Å². The van der Waals surface area contributed by atoms with Crippen molar-refractivity contribution >= 4 is 17.4 Å². The summed E-state index contributed by atoms with van der Waals surface area (Å²) in [4.78, 5) is 23.2. The van der Waals surface area contributed by atoms with Gasteiger partial charge in [-0.15, -0.1) is 0 Å². The molecule has 23 heavy (non-hydrogen) atoms. The zero-order chi connectivity index (χ0) is 16.8. The normalized spacial score (nSPS) is 17.4. The molecule has 0 aliphatic carbocycles. The van der Waals surface area contributed by atoms with Gasteiger partial charge in [-0.2, -0.15) is 0 Å². The van der Waals surface area contributed by atoms with Gasteiger partial charge in [-0.3, -0.25) is 9.59 Å². The van der Waals surface area contributed by atoms with Crippen LogP contribution >= 0.6 is 0 Å². The number of nitrogens with one attached hydrogen (secondary N) is 3. The summed E-state index contributed by atoms with van der Waals surface area (Å²) in [6, 6.07) is 5.22. The van der Waals surface area contributed by atoms with Crippen LogP contribution in [0.3, 0.4) is 0 Å². The van der Waals surface area contributed by atoms with Gasteiger partial charge in [0.1, 0.15) is 11.9 Å². The van der Waals surface area contributed by atoms with Crippen LogP contribution in [0.15, 0.2) is 18.2 Å². The van der Waals surface area contributed by atoms with Crippen LogP contribution in [0.1, 0.15) is 37.6 Å². The number of amides is 1. The third-order valence-corrected chi connectivity index (χ3v) is 3.74. The maximum Gasteiger partial charge on any atom is 0.216 e. The van der Waals surface area contributed by atoms with Crippen LogP contribution in [0.5, 0.6) is 5.75 Å². The lowest BCUT2D eigenvalue weighted by Gasteiger charge is -2.25. The molecule has 6 nitrogen and oxygen atoms in total. The molecule has 6 heteroatoms. The minimum absolute atomic E-state index is 0.0350. The minimum Gasteiger partial charge on any atom is -0.487 e. The number of carbonyl (C=O) groups is 2. The summed E-state index contributed by atoms with van der Waals surface area (Å²) in [5.74, 6) is 0.802. The van der Waals surface area contributed by atoms with Crippen molar-refractivity contribution < 1.29 is 14.3 Å². The fourth-order valence-electron chi connectivity index (χ4n) is 2.45. The average molecular weight is 319 g/mol. The van der Waals surface area contributed by atoms with Crippen LogP contribution in [-0.2, 0) is 4.79 Å². The van der Waals surface area contributed by atoms with Crippen molar-refractivity contribution in [2.45, 2.75) is 39.3 Å². The van der Waals surface area contributed by atoms with E-state index in [4.69, 9.17) is 4.74 Å². The Bertz CT molecular complexity index is 574. The molecule has 1 aromatic rings. The summed E-state index contributed by atoms with van der Waals surface area (Å²) in [6.45, 7) is 7.38. The number of hydrogen-bond donors (Lipinski definition) is 3. The summed E-state index contributed by atoms with van der Waals surface area (Å²) in [7, 11) is 0. The molecule has 0 spiro atoms. The second-order valence-electron chi connectivity index (χ2n) is 5.90. The van der Waals surface area contributed by atoms with Gasteiger partial charge in [-0.25, -0.2) is 0 Å². The highest BCUT2D eigenvalue weighted by Crippen LogP contribution is 2.30. The molecule has 0 bridgehead atoms. The Balaban J connectivity index is 1.86. The van der Waals surface area contributed by atoms with E-state index in [9.17, 15) is 9.59 Å². The highest BCUT2D eigenvalue weighted by molar-refractivity contribution is 6.01. The number of fused-ring (bicyclic) bond motifs is 1. The highest BCUT2D eigenvalue weighted by Gasteiger charge is 2.19. The van der Waals surface area contributed by atoms with Crippen molar-refractivity contribution in [3.63, 3.8) is 0 Å². The van der Waals surface area contributed by atoms with Crippen molar-refractivity contribution in [3.05, 3.63) is 23.8 Å². The van der Waals surface area contributed by atoms with Crippen molar-refractivity contribution in [3.8, 4) is 5.75 Å². The number of hydrogen-bond acceptors (Lipinski definition) is 5. The molecule has 0 saturated heterocycles.